The summed E-state index contributed by atoms with van der Waals surface area (Å²) >= 11 is 0. The number of fused-ring (bicyclic) bond motifs is 4. The van der Waals surface area contributed by atoms with Crippen LogP contribution in [-0.2, 0) is 4.79 Å². The van der Waals surface area contributed by atoms with E-state index in [0.29, 0.717) is 6.42 Å². The van der Waals surface area contributed by atoms with Gasteiger partial charge < -0.3 is 0 Å². The maximum atomic E-state index is 11.5. The molecule has 0 bridgehead atoms. The van der Waals surface area contributed by atoms with Crippen LogP contribution in [0.1, 0.15) is 18.4 Å². The summed E-state index contributed by atoms with van der Waals surface area (Å²) in [5, 5.41) is 0. The lowest BCUT2D eigenvalue weighted by molar-refractivity contribution is -0.114. The highest BCUT2D eigenvalue weighted by molar-refractivity contribution is 6.12. The summed E-state index contributed by atoms with van der Waals surface area (Å²) in [5.74, 6) is 0.998. The predicted molar refractivity (Wildman–Crippen MR) is 73.4 cm³/mol. The van der Waals surface area contributed by atoms with Gasteiger partial charge in [0.2, 0.25) is 0 Å². The van der Waals surface area contributed by atoms with E-state index in [4.69, 9.17) is 0 Å². The topological polar surface area (TPSA) is 45.0 Å². The number of ketones is 1. The summed E-state index contributed by atoms with van der Waals surface area (Å²) < 4.78 is 0. The zero-order chi connectivity index (χ0) is 12.8. The molecule has 0 amide bonds. The van der Waals surface area contributed by atoms with Crippen LogP contribution in [0.3, 0.4) is 0 Å². The number of nitrogens with zero attached hydrogens (tertiary/aromatic N) is 3. The first-order valence-electron chi connectivity index (χ1n) is 6.27. The van der Waals surface area contributed by atoms with Crippen molar-refractivity contribution in [3.8, 4) is 0 Å². The second kappa shape index (κ2) is 3.75. The number of carbonyl (C=O) groups excluding carboxylic acids is 1. The smallest absolute Gasteiger partial charge is 0.158 e. The lowest BCUT2D eigenvalue weighted by Crippen LogP contribution is -2.31. The molecule has 0 radical (unpaired) electrons. The normalized spacial score (nSPS) is 19.9. The highest BCUT2D eigenvalue weighted by Crippen LogP contribution is 2.32. The van der Waals surface area contributed by atoms with Crippen LogP contribution in [0.4, 0.5) is 5.69 Å². The number of benzene rings is 1. The summed E-state index contributed by atoms with van der Waals surface area (Å²) in [5.41, 5.74) is 3.82. The molecular formula is C15H11N3O. The fourth-order valence-corrected chi connectivity index (χ4v) is 2.53. The number of rotatable bonds is 0. The van der Waals surface area contributed by atoms with Gasteiger partial charge in [0, 0.05) is 24.3 Å². The third kappa shape index (κ3) is 1.57. The Balaban J connectivity index is 1.89. The zero-order valence-corrected chi connectivity index (χ0v) is 10.2. The highest BCUT2D eigenvalue weighted by atomic mass is 16.1. The van der Waals surface area contributed by atoms with Gasteiger partial charge in [0.05, 0.1) is 11.4 Å². The Bertz CT molecular complexity index is 710. The Kier molecular flexibility index (Phi) is 2.06. The van der Waals surface area contributed by atoms with Crippen molar-refractivity contribution in [3.05, 3.63) is 53.4 Å². The molecule has 1 aliphatic carbocycles. The van der Waals surface area contributed by atoms with Crippen LogP contribution in [0.25, 0.3) is 0 Å². The molecule has 1 aromatic carbocycles. The molecule has 3 aliphatic rings. The van der Waals surface area contributed by atoms with Gasteiger partial charge in [-0.3, -0.25) is 9.69 Å². The molecular weight excluding hydrogens is 238 g/mol. The fraction of sp³-hybridized carbons (Fsp3) is 0.133. The molecule has 0 fully saturated rings. The molecule has 4 rings (SSSR count). The van der Waals surface area contributed by atoms with Crippen LogP contribution in [0, 0.1) is 0 Å². The number of para-hydroxylation sites is 1. The van der Waals surface area contributed by atoms with Gasteiger partial charge in [-0.25, -0.2) is 9.98 Å². The third-order valence-corrected chi connectivity index (χ3v) is 3.50. The van der Waals surface area contributed by atoms with E-state index in [-0.39, 0.29) is 5.78 Å². The number of allylic oxidation sites excluding steroid dienone is 2. The summed E-state index contributed by atoms with van der Waals surface area (Å²) in [6.45, 7) is 0. The van der Waals surface area contributed by atoms with E-state index in [1.807, 2.05) is 35.4 Å². The monoisotopic (exact) mass is 249 g/mol. The Morgan fingerprint density at radius 3 is 3.00 bits per heavy atom. The lowest BCUT2D eigenvalue weighted by atomic mass is 9.96. The van der Waals surface area contributed by atoms with Gasteiger partial charge in [-0.05, 0) is 24.1 Å². The standard InChI is InChI=1S/C15H11N3O/c19-11-6-5-10-8-18-9-16-13-4-2-1-3-12(13)15(18)17-14(10)7-11/h1-4,7-9H,5-6H2. The molecule has 2 aliphatic heterocycles. The number of amidine groups is 1. The van der Waals surface area contributed by atoms with Crippen molar-refractivity contribution < 1.29 is 4.79 Å². The summed E-state index contributed by atoms with van der Waals surface area (Å²) in [6.07, 6.45) is 6.78. The molecule has 0 unspecified atom stereocenters. The van der Waals surface area contributed by atoms with Gasteiger partial charge in [-0.1, -0.05) is 12.1 Å². The third-order valence-electron chi connectivity index (χ3n) is 3.50. The van der Waals surface area contributed by atoms with Crippen molar-refractivity contribution in [2.24, 2.45) is 9.98 Å². The quantitative estimate of drug-likeness (QED) is 0.709. The van der Waals surface area contributed by atoms with Gasteiger partial charge in [0.15, 0.2) is 5.78 Å². The molecule has 2 heterocycles. The van der Waals surface area contributed by atoms with E-state index in [0.717, 1.165) is 34.8 Å². The SMILES string of the molecule is O=C1C=C2N=C3c4ccccc4N=CN3C=C2CC1. The van der Waals surface area contributed by atoms with Crippen molar-refractivity contribution in [2.75, 3.05) is 0 Å². The average Bonchev–Trinajstić information content (AvgIpc) is 2.45. The van der Waals surface area contributed by atoms with Gasteiger partial charge in [-0.2, -0.15) is 0 Å². The van der Waals surface area contributed by atoms with Crippen LogP contribution in [0.5, 0.6) is 0 Å². The Hall–Kier alpha value is -2.49. The molecule has 0 saturated heterocycles. The van der Waals surface area contributed by atoms with Crippen molar-refractivity contribution in [2.45, 2.75) is 12.8 Å². The van der Waals surface area contributed by atoms with Crippen LogP contribution in [0.2, 0.25) is 0 Å². The second-order valence-corrected chi connectivity index (χ2v) is 4.75. The van der Waals surface area contributed by atoms with E-state index >= 15 is 0 Å². The second-order valence-electron chi connectivity index (χ2n) is 4.75. The van der Waals surface area contributed by atoms with Crippen LogP contribution in [-0.4, -0.2) is 22.9 Å². The van der Waals surface area contributed by atoms with E-state index in [1.54, 1.807) is 12.4 Å². The largest absolute Gasteiger partial charge is 0.295 e. The molecule has 0 saturated carbocycles. The van der Waals surface area contributed by atoms with E-state index in [1.165, 1.54) is 0 Å². The first-order valence-corrected chi connectivity index (χ1v) is 6.27. The summed E-state index contributed by atoms with van der Waals surface area (Å²) in [6, 6.07) is 7.90. The molecule has 0 aromatic heterocycles. The van der Waals surface area contributed by atoms with Gasteiger partial charge in [0.25, 0.3) is 0 Å². The highest BCUT2D eigenvalue weighted by Gasteiger charge is 2.26. The van der Waals surface area contributed by atoms with Crippen LogP contribution in [0.15, 0.2) is 57.8 Å². The molecule has 92 valence electrons. The molecule has 4 nitrogen and oxygen atoms in total. The molecule has 19 heavy (non-hydrogen) atoms. The van der Waals surface area contributed by atoms with E-state index < -0.39 is 0 Å². The number of hydrogen-bond donors (Lipinski definition) is 0. The maximum absolute atomic E-state index is 11.5. The van der Waals surface area contributed by atoms with Crippen molar-refractivity contribution in [1.82, 2.24) is 4.90 Å². The average molecular weight is 249 g/mol. The minimum absolute atomic E-state index is 0.155. The first-order chi connectivity index (χ1) is 9.31. The molecule has 4 heteroatoms. The minimum Gasteiger partial charge on any atom is -0.295 e. The lowest BCUT2D eigenvalue weighted by Gasteiger charge is -2.29. The molecule has 0 N–H and O–H groups in total. The van der Waals surface area contributed by atoms with Crippen molar-refractivity contribution >= 4 is 23.6 Å². The fourth-order valence-electron chi connectivity index (χ4n) is 2.53. The summed E-state index contributed by atoms with van der Waals surface area (Å²) in [7, 11) is 0. The Labute approximate surface area is 110 Å². The molecule has 0 spiro atoms. The van der Waals surface area contributed by atoms with E-state index in [9.17, 15) is 4.79 Å². The van der Waals surface area contributed by atoms with Gasteiger partial charge in [0.1, 0.15) is 12.2 Å². The zero-order valence-electron chi connectivity index (χ0n) is 10.2. The van der Waals surface area contributed by atoms with Crippen LogP contribution < -0.4 is 0 Å². The number of aliphatic imine (C=N–C) groups is 2. The van der Waals surface area contributed by atoms with Crippen LogP contribution >= 0.6 is 0 Å². The minimum atomic E-state index is 0.155. The predicted octanol–water partition coefficient (Wildman–Crippen LogP) is 2.55. The number of hydrogen-bond acceptors (Lipinski definition) is 4. The Morgan fingerprint density at radius 1 is 1.16 bits per heavy atom. The first kappa shape index (κ1) is 10.4. The van der Waals surface area contributed by atoms with Gasteiger partial charge >= 0.3 is 0 Å². The summed E-state index contributed by atoms with van der Waals surface area (Å²) in [4.78, 5) is 22.5. The molecule has 0 atom stereocenters. The van der Waals surface area contributed by atoms with Crippen molar-refractivity contribution in [3.63, 3.8) is 0 Å². The maximum Gasteiger partial charge on any atom is 0.158 e. The van der Waals surface area contributed by atoms with E-state index in [2.05, 4.69) is 9.98 Å². The van der Waals surface area contributed by atoms with Crippen molar-refractivity contribution in [1.29, 1.82) is 0 Å². The number of carbonyl (C=O) groups is 1. The molecule has 1 aromatic rings. The van der Waals surface area contributed by atoms with Gasteiger partial charge in [-0.15, -0.1) is 0 Å². The Morgan fingerprint density at radius 2 is 2.05 bits per heavy atom.